The molecule has 0 saturated heterocycles. The maximum Gasteiger partial charge on any atom is 0.255 e. The van der Waals surface area contributed by atoms with Crippen LogP contribution in [0, 0.1) is 0 Å². The van der Waals surface area contributed by atoms with Gasteiger partial charge in [-0.3, -0.25) is 19.2 Å². The Labute approximate surface area is 274 Å². The van der Waals surface area contributed by atoms with Gasteiger partial charge in [0.15, 0.2) is 0 Å². The van der Waals surface area contributed by atoms with E-state index in [0.717, 1.165) is 18.4 Å². The molecule has 4 atom stereocenters. The monoisotopic (exact) mass is 658 g/mol. The van der Waals surface area contributed by atoms with E-state index in [-0.39, 0.29) is 49.5 Å². The first-order valence-electron chi connectivity index (χ1n) is 14.5. The van der Waals surface area contributed by atoms with E-state index in [0.29, 0.717) is 39.6 Å². The largest absolute Gasteiger partial charge is 0.350 e. The molecular weight excluding hydrogens is 623 g/mol. The zero-order chi connectivity index (χ0) is 30.5. The Morgan fingerprint density at radius 2 is 1.66 bits per heavy atom. The van der Waals surface area contributed by atoms with Crippen molar-refractivity contribution in [1.29, 1.82) is 0 Å². The third-order valence-electron chi connectivity index (χ3n) is 8.09. The molecule has 234 valence electrons. The van der Waals surface area contributed by atoms with Crippen LogP contribution in [0.2, 0.25) is 10.0 Å². The van der Waals surface area contributed by atoms with Gasteiger partial charge in [0.05, 0.1) is 31.2 Å². The number of fused-ring (bicyclic) bond motifs is 1. The van der Waals surface area contributed by atoms with Crippen LogP contribution in [0.25, 0.3) is 0 Å². The third-order valence-corrected chi connectivity index (χ3v) is 8.65. The number of carbonyl (C=O) groups excluding carboxylic acids is 3. The molecule has 0 radical (unpaired) electrons. The van der Waals surface area contributed by atoms with Crippen LogP contribution in [-0.2, 0) is 21.0 Å². The number of benzene rings is 3. The molecule has 2 aliphatic rings. The summed E-state index contributed by atoms with van der Waals surface area (Å²) in [5.74, 6) is -1.57. The molecule has 1 saturated carbocycles. The molecule has 5 rings (SSSR count). The van der Waals surface area contributed by atoms with Gasteiger partial charge in [0.2, 0.25) is 5.91 Å². The minimum atomic E-state index is -0.844. The topological polar surface area (TPSA) is 91.0 Å². The van der Waals surface area contributed by atoms with Crippen molar-refractivity contribution in [3.63, 3.8) is 0 Å². The van der Waals surface area contributed by atoms with Gasteiger partial charge in [-0.05, 0) is 61.8 Å². The number of nitrogens with zero attached hydrogens (tertiary/aromatic N) is 2. The zero-order valence-electron chi connectivity index (χ0n) is 24.7. The van der Waals surface area contributed by atoms with E-state index in [9.17, 15) is 14.4 Å². The molecule has 0 unspecified atom stereocenters. The summed E-state index contributed by atoms with van der Waals surface area (Å²) >= 11 is 13.1. The quantitative estimate of drug-likeness (QED) is 0.278. The van der Waals surface area contributed by atoms with E-state index in [1.54, 1.807) is 41.3 Å². The number of hydroxylamine groups is 1. The standard InChI is InChI=1S/C33H36Cl2N4O4.ClH/c1-38(2)19-29(40)36-27-14-8-9-15-28(27)39-31(25-17-16-22(34)18-26(25)35)30(23-12-6-7-13-24(23)33(39)42)32(41)37-43-20-21-10-4-3-5-11-21;/h3-7,10-13,16-18,27-28,30-31H,8-9,14-15,19-20H2,1-2H3,(H,36,40)(H,37,41);1H/t27-,28-,30+,31-;/m0./s1. The van der Waals surface area contributed by atoms with Crippen molar-refractivity contribution in [3.8, 4) is 0 Å². The van der Waals surface area contributed by atoms with E-state index in [1.807, 2.05) is 55.4 Å². The molecule has 0 bridgehead atoms. The van der Waals surface area contributed by atoms with E-state index >= 15 is 0 Å². The molecule has 1 aliphatic carbocycles. The summed E-state index contributed by atoms with van der Waals surface area (Å²) in [6, 6.07) is 20.4. The minimum Gasteiger partial charge on any atom is -0.350 e. The molecule has 2 N–H and O–H groups in total. The first-order valence-corrected chi connectivity index (χ1v) is 15.3. The molecule has 44 heavy (non-hydrogen) atoms. The van der Waals surface area contributed by atoms with Crippen LogP contribution in [0.15, 0.2) is 72.8 Å². The highest BCUT2D eigenvalue weighted by molar-refractivity contribution is 6.35. The fourth-order valence-electron chi connectivity index (χ4n) is 6.25. The van der Waals surface area contributed by atoms with Gasteiger partial charge in [-0.2, -0.15) is 0 Å². The van der Waals surface area contributed by atoms with Gasteiger partial charge < -0.3 is 15.1 Å². The van der Waals surface area contributed by atoms with Crippen molar-refractivity contribution in [1.82, 2.24) is 20.6 Å². The third kappa shape index (κ3) is 7.56. The van der Waals surface area contributed by atoms with Crippen LogP contribution >= 0.6 is 35.6 Å². The van der Waals surface area contributed by atoms with Gasteiger partial charge in [-0.15, -0.1) is 12.4 Å². The van der Waals surface area contributed by atoms with Gasteiger partial charge in [-0.1, -0.05) is 90.6 Å². The molecule has 8 nitrogen and oxygen atoms in total. The van der Waals surface area contributed by atoms with Crippen LogP contribution in [-0.4, -0.2) is 60.2 Å². The van der Waals surface area contributed by atoms with E-state index in [4.69, 9.17) is 28.0 Å². The summed E-state index contributed by atoms with van der Waals surface area (Å²) in [6.07, 6.45) is 3.19. The van der Waals surface area contributed by atoms with E-state index < -0.39 is 17.9 Å². The fraction of sp³-hybridized carbons (Fsp3) is 0.364. The number of carbonyl (C=O) groups is 3. The van der Waals surface area contributed by atoms with Gasteiger partial charge in [0.1, 0.15) is 0 Å². The average Bonchev–Trinajstić information content (AvgIpc) is 2.98. The summed E-state index contributed by atoms with van der Waals surface area (Å²) in [5.41, 5.74) is 5.18. The predicted octanol–water partition coefficient (Wildman–Crippen LogP) is 5.93. The number of amides is 3. The molecule has 1 fully saturated rings. The summed E-state index contributed by atoms with van der Waals surface area (Å²) in [6.45, 7) is 0.411. The van der Waals surface area contributed by atoms with Crippen molar-refractivity contribution in [2.24, 2.45) is 0 Å². The normalized spacial score (nSPS) is 21.3. The SMILES string of the molecule is CN(C)CC(=O)N[C@H]1CCCC[C@@H]1N1C(=O)c2ccccc2[C@@H](C(=O)NOCc2ccccc2)[C@@H]1c1ccc(Cl)cc1Cl.Cl. The summed E-state index contributed by atoms with van der Waals surface area (Å²) in [5, 5.41) is 3.98. The Hall–Kier alpha value is -3.14. The Kier molecular flexibility index (Phi) is 11.7. The number of hydrogen-bond acceptors (Lipinski definition) is 5. The highest BCUT2D eigenvalue weighted by Gasteiger charge is 2.49. The van der Waals surface area contributed by atoms with E-state index in [1.165, 1.54) is 0 Å². The Morgan fingerprint density at radius 1 is 0.955 bits per heavy atom. The smallest absolute Gasteiger partial charge is 0.255 e. The molecule has 0 spiro atoms. The van der Waals surface area contributed by atoms with Gasteiger partial charge in [-0.25, -0.2) is 5.48 Å². The van der Waals surface area contributed by atoms with Crippen molar-refractivity contribution >= 4 is 53.3 Å². The summed E-state index contributed by atoms with van der Waals surface area (Å²) < 4.78 is 0. The molecule has 1 aliphatic heterocycles. The highest BCUT2D eigenvalue weighted by Crippen LogP contribution is 2.47. The second-order valence-corrected chi connectivity index (χ2v) is 12.2. The van der Waals surface area contributed by atoms with Crippen LogP contribution in [0.3, 0.4) is 0 Å². The van der Waals surface area contributed by atoms with Crippen LogP contribution < -0.4 is 10.8 Å². The zero-order valence-corrected chi connectivity index (χ0v) is 27.0. The fourth-order valence-corrected chi connectivity index (χ4v) is 6.77. The minimum absolute atomic E-state index is 0. The average molecular weight is 660 g/mol. The Balaban J connectivity index is 0.00000442. The molecule has 3 aromatic carbocycles. The van der Waals surface area contributed by atoms with Crippen molar-refractivity contribution < 1.29 is 19.2 Å². The number of nitrogens with one attached hydrogen (secondary N) is 2. The van der Waals surface area contributed by atoms with Crippen LogP contribution in [0.1, 0.15) is 64.7 Å². The molecule has 11 heteroatoms. The molecule has 0 aromatic heterocycles. The lowest BCUT2D eigenvalue weighted by atomic mass is 9.76. The van der Waals surface area contributed by atoms with Crippen molar-refractivity contribution in [3.05, 3.63) is 105 Å². The maximum atomic E-state index is 14.4. The van der Waals surface area contributed by atoms with Crippen molar-refractivity contribution in [2.45, 2.75) is 56.3 Å². The number of halogens is 3. The van der Waals surface area contributed by atoms with E-state index in [2.05, 4.69) is 10.8 Å². The second-order valence-electron chi connectivity index (χ2n) is 11.4. The van der Waals surface area contributed by atoms with Crippen LogP contribution in [0.5, 0.6) is 0 Å². The van der Waals surface area contributed by atoms with Crippen molar-refractivity contribution in [2.75, 3.05) is 20.6 Å². The molecule has 3 aromatic rings. The summed E-state index contributed by atoms with van der Waals surface area (Å²) in [7, 11) is 3.68. The number of hydrogen-bond donors (Lipinski definition) is 2. The lowest BCUT2D eigenvalue weighted by Crippen LogP contribution is -2.59. The lowest BCUT2D eigenvalue weighted by molar-refractivity contribution is -0.138. The molecule has 3 amide bonds. The predicted molar refractivity (Wildman–Crippen MR) is 174 cm³/mol. The first-order chi connectivity index (χ1) is 20.7. The lowest BCUT2D eigenvalue weighted by Gasteiger charge is -2.49. The van der Waals surface area contributed by atoms with Gasteiger partial charge >= 0.3 is 0 Å². The highest BCUT2D eigenvalue weighted by atomic mass is 35.5. The first kappa shape index (κ1) is 33.7. The molecular formula is C33H37Cl3N4O4. The summed E-state index contributed by atoms with van der Waals surface area (Å²) in [4.78, 5) is 50.7. The number of likely N-dealkylation sites (N-methyl/N-ethyl adjacent to an activating group) is 1. The molecule has 1 heterocycles. The van der Waals surface area contributed by atoms with Gasteiger partial charge in [0, 0.05) is 21.7 Å². The Bertz CT molecular complexity index is 1470. The van der Waals surface area contributed by atoms with Crippen LogP contribution in [0.4, 0.5) is 0 Å². The Morgan fingerprint density at radius 3 is 2.39 bits per heavy atom. The second kappa shape index (κ2) is 15.2. The van der Waals surface area contributed by atoms with Gasteiger partial charge in [0.25, 0.3) is 11.8 Å². The number of rotatable bonds is 9. The maximum absolute atomic E-state index is 14.4.